The van der Waals surface area contributed by atoms with E-state index in [-0.39, 0.29) is 0 Å². The molecule has 0 N–H and O–H groups in total. The number of rotatable bonds is 7. The molecule has 1 unspecified atom stereocenters. The SMILES string of the molecule is CCOP(=O)(OCC)C(C#N)CC1CCOCC1. The Morgan fingerprint density at radius 3 is 2.33 bits per heavy atom. The summed E-state index contributed by atoms with van der Waals surface area (Å²) >= 11 is 0. The van der Waals surface area contributed by atoms with Gasteiger partial charge in [-0.2, -0.15) is 5.26 Å². The lowest BCUT2D eigenvalue weighted by Gasteiger charge is -2.27. The largest absolute Gasteiger partial charge is 0.381 e. The van der Waals surface area contributed by atoms with Crippen LogP contribution in [0.1, 0.15) is 33.1 Å². The molecule has 0 aromatic rings. The second kappa shape index (κ2) is 7.91. The van der Waals surface area contributed by atoms with E-state index in [1.54, 1.807) is 13.8 Å². The molecule has 0 bridgehead atoms. The molecule has 1 rings (SSSR count). The second-order valence-corrected chi connectivity index (χ2v) is 6.53. The highest BCUT2D eigenvalue weighted by Crippen LogP contribution is 2.55. The van der Waals surface area contributed by atoms with Crippen molar-refractivity contribution in [3.05, 3.63) is 0 Å². The van der Waals surface area contributed by atoms with Gasteiger partial charge < -0.3 is 13.8 Å². The molecule has 1 atom stereocenters. The van der Waals surface area contributed by atoms with Gasteiger partial charge in [0, 0.05) is 13.2 Å². The summed E-state index contributed by atoms with van der Waals surface area (Å²) in [5.41, 5.74) is -0.666. The van der Waals surface area contributed by atoms with E-state index in [1.807, 2.05) is 0 Å². The number of nitriles is 1. The highest BCUT2D eigenvalue weighted by molar-refractivity contribution is 7.55. The van der Waals surface area contributed by atoms with E-state index in [0.29, 0.717) is 25.6 Å². The molecule has 0 aliphatic carbocycles. The predicted octanol–water partition coefficient (Wildman–Crippen LogP) is 2.96. The predicted molar refractivity (Wildman–Crippen MR) is 68.4 cm³/mol. The van der Waals surface area contributed by atoms with Crippen LogP contribution in [0.4, 0.5) is 0 Å². The molecule has 0 spiro atoms. The fourth-order valence-electron chi connectivity index (χ4n) is 2.13. The quantitative estimate of drug-likeness (QED) is 0.668. The van der Waals surface area contributed by atoms with Crippen LogP contribution in [-0.2, 0) is 18.3 Å². The third kappa shape index (κ3) is 4.37. The Morgan fingerprint density at radius 2 is 1.89 bits per heavy atom. The molecular weight excluding hydrogens is 253 g/mol. The first-order valence-electron chi connectivity index (χ1n) is 6.52. The fourth-order valence-corrected chi connectivity index (χ4v) is 3.98. The van der Waals surface area contributed by atoms with Crippen molar-refractivity contribution in [3.8, 4) is 6.07 Å². The van der Waals surface area contributed by atoms with Gasteiger partial charge in [-0.15, -0.1) is 0 Å². The van der Waals surface area contributed by atoms with E-state index >= 15 is 0 Å². The van der Waals surface area contributed by atoms with Crippen LogP contribution < -0.4 is 0 Å². The Bertz CT molecular complexity index is 313. The monoisotopic (exact) mass is 275 g/mol. The Balaban J connectivity index is 2.66. The molecule has 0 saturated carbocycles. The molecule has 0 radical (unpaired) electrons. The summed E-state index contributed by atoms with van der Waals surface area (Å²) < 4.78 is 28.3. The van der Waals surface area contributed by atoms with Crippen molar-refractivity contribution < 1.29 is 18.3 Å². The van der Waals surface area contributed by atoms with E-state index in [9.17, 15) is 9.83 Å². The standard InChI is InChI=1S/C12H22NO4P/c1-3-16-18(14,17-4-2)12(10-13)9-11-5-7-15-8-6-11/h11-12H,3-9H2,1-2H3. The summed E-state index contributed by atoms with van der Waals surface area (Å²) in [6.45, 7) is 5.54. The summed E-state index contributed by atoms with van der Waals surface area (Å²) in [7, 11) is -3.30. The van der Waals surface area contributed by atoms with Crippen LogP contribution in [0.2, 0.25) is 0 Å². The van der Waals surface area contributed by atoms with Gasteiger partial charge in [0.1, 0.15) is 5.66 Å². The lowest BCUT2D eigenvalue weighted by Crippen LogP contribution is -2.22. The molecule has 5 nitrogen and oxygen atoms in total. The highest BCUT2D eigenvalue weighted by atomic mass is 31.2. The zero-order valence-corrected chi connectivity index (χ0v) is 12.0. The van der Waals surface area contributed by atoms with E-state index in [2.05, 4.69) is 6.07 Å². The van der Waals surface area contributed by atoms with Gasteiger partial charge in [0.25, 0.3) is 0 Å². The number of ether oxygens (including phenoxy) is 1. The van der Waals surface area contributed by atoms with E-state index in [0.717, 1.165) is 26.1 Å². The Kier molecular flexibility index (Phi) is 6.88. The van der Waals surface area contributed by atoms with Crippen LogP contribution in [0, 0.1) is 17.2 Å². The second-order valence-electron chi connectivity index (χ2n) is 4.31. The van der Waals surface area contributed by atoms with Crippen molar-refractivity contribution >= 4 is 7.60 Å². The zero-order chi connectivity index (χ0) is 13.4. The average molecular weight is 275 g/mol. The van der Waals surface area contributed by atoms with Crippen molar-refractivity contribution in [2.45, 2.75) is 38.8 Å². The van der Waals surface area contributed by atoms with Crippen molar-refractivity contribution in [1.82, 2.24) is 0 Å². The fraction of sp³-hybridized carbons (Fsp3) is 0.917. The van der Waals surface area contributed by atoms with Gasteiger partial charge in [0.15, 0.2) is 0 Å². The third-order valence-corrected chi connectivity index (χ3v) is 5.37. The maximum atomic E-state index is 12.5. The van der Waals surface area contributed by atoms with E-state index in [4.69, 9.17) is 13.8 Å². The molecule has 104 valence electrons. The summed E-state index contributed by atoms with van der Waals surface area (Å²) in [6.07, 6.45) is 2.39. The number of nitrogens with zero attached hydrogens (tertiary/aromatic N) is 1. The minimum Gasteiger partial charge on any atom is -0.381 e. The van der Waals surface area contributed by atoms with Crippen molar-refractivity contribution in [2.75, 3.05) is 26.4 Å². The van der Waals surface area contributed by atoms with E-state index in [1.165, 1.54) is 0 Å². The summed E-state index contributed by atoms with van der Waals surface area (Å²) in [6, 6.07) is 2.11. The van der Waals surface area contributed by atoms with E-state index < -0.39 is 13.3 Å². The van der Waals surface area contributed by atoms with Crippen molar-refractivity contribution in [3.63, 3.8) is 0 Å². The molecule has 0 aromatic heterocycles. The topological polar surface area (TPSA) is 68.5 Å². The van der Waals surface area contributed by atoms with Gasteiger partial charge in [-0.1, -0.05) is 0 Å². The first kappa shape index (κ1) is 15.7. The van der Waals surface area contributed by atoms with Crippen LogP contribution in [0.3, 0.4) is 0 Å². The maximum Gasteiger partial charge on any atom is 0.347 e. The molecule has 1 aliphatic rings. The van der Waals surface area contributed by atoms with Gasteiger partial charge in [-0.25, -0.2) is 0 Å². The molecule has 1 aliphatic heterocycles. The average Bonchev–Trinajstić information content (AvgIpc) is 2.37. The first-order chi connectivity index (χ1) is 8.66. The molecular formula is C12H22NO4P. The van der Waals surface area contributed by atoms with Gasteiger partial charge in [0.05, 0.1) is 19.3 Å². The van der Waals surface area contributed by atoms with Gasteiger partial charge >= 0.3 is 7.60 Å². The molecule has 18 heavy (non-hydrogen) atoms. The van der Waals surface area contributed by atoms with Gasteiger partial charge in [-0.3, -0.25) is 4.57 Å². The number of hydrogen-bond donors (Lipinski definition) is 0. The minimum atomic E-state index is -3.30. The normalized spacial score (nSPS) is 19.4. The number of hydrogen-bond acceptors (Lipinski definition) is 5. The van der Waals surface area contributed by atoms with Gasteiger partial charge in [-0.05, 0) is 39.0 Å². The Labute approximate surface area is 109 Å². The maximum absolute atomic E-state index is 12.5. The molecule has 0 aromatic carbocycles. The molecule has 1 saturated heterocycles. The smallest absolute Gasteiger partial charge is 0.347 e. The lowest BCUT2D eigenvalue weighted by atomic mass is 9.95. The van der Waals surface area contributed by atoms with Crippen LogP contribution in [0.15, 0.2) is 0 Å². The van der Waals surface area contributed by atoms with Crippen molar-refractivity contribution in [1.29, 1.82) is 5.26 Å². The van der Waals surface area contributed by atoms with Gasteiger partial charge in [0.2, 0.25) is 0 Å². The van der Waals surface area contributed by atoms with Crippen molar-refractivity contribution in [2.24, 2.45) is 5.92 Å². The summed E-state index contributed by atoms with van der Waals surface area (Å²) in [4.78, 5) is 0. The van der Waals surface area contributed by atoms with Crippen LogP contribution in [-0.4, -0.2) is 32.1 Å². The zero-order valence-electron chi connectivity index (χ0n) is 11.1. The molecule has 6 heteroatoms. The van der Waals surface area contributed by atoms with Crippen LogP contribution in [0.5, 0.6) is 0 Å². The molecule has 1 fully saturated rings. The summed E-state index contributed by atoms with van der Waals surface area (Å²) in [5, 5.41) is 9.23. The molecule has 0 amide bonds. The Hall–Kier alpha value is -0.400. The summed E-state index contributed by atoms with van der Waals surface area (Å²) in [5.74, 6) is 0.373. The third-order valence-electron chi connectivity index (χ3n) is 3.05. The minimum absolute atomic E-state index is 0.295. The highest BCUT2D eigenvalue weighted by Gasteiger charge is 2.37. The lowest BCUT2D eigenvalue weighted by molar-refractivity contribution is 0.0636. The Morgan fingerprint density at radius 1 is 1.33 bits per heavy atom. The molecule has 1 heterocycles. The van der Waals surface area contributed by atoms with Crippen LogP contribution >= 0.6 is 7.60 Å². The van der Waals surface area contributed by atoms with Crippen LogP contribution in [0.25, 0.3) is 0 Å². The first-order valence-corrected chi connectivity index (χ1v) is 8.13.